The number of aliphatic carboxylic acids is 1. The lowest BCUT2D eigenvalue weighted by Crippen LogP contribution is -2.41. The van der Waals surface area contributed by atoms with Crippen molar-refractivity contribution in [3.8, 4) is 5.75 Å². The fourth-order valence-electron chi connectivity index (χ4n) is 2.19. The summed E-state index contributed by atoms with van der Waals surface area (Å²) in [5.41, 5.74) is 1.17. The number of ether oxygens (including phenoxy) is 1. The minimum absolute atomic E-state index is 0.0579. The molecule has 0 radical (unpaired) electrons. The van der Waals surface area contributed by atoms with Crippen molar-refractivity contribution in [1.29, 1.82) is 0 Å². The van der Waals surface area contributed by atoms with Crippen molar-refractivity contribution in [3.05, 3.63) is 23.3 Å². The van der Waals surface area contributed by atoms with E-state index < -0.39 is 22.0 Å². The number of aryl methyl sites for hydroxylation is 2. The SMILES string of the molecule is COc1cc(C)c(S(=O)(=O)N[C@H](CC(C)C)C(=O)O)cc1C. The summed E-state index contributed by atoms with van der Waals surface area (Å²) in [5.74, 6) is -0.531. The molecular formula is C15H23NO5S. The van der Waals surface area contributed by atoms with Gasteiger partial charge in [-0.1, -0.05) is 13.8 Å². The van der Waals surface area contributed by atoms with Crippen LogP contribution in [0.1, 0.15) is 31.4 Å². The quantitative estimate of drug-likeness (QED) is 0.799. The van der Waals surface area contributed by atoms with Crippen LogP contribution in [-0.4, -0.2) is 32.6 Å². The fourth-order valence-corrected chi connectivity index (χ4v) is 3.71. The Labute approximate surface area is 131 Å². The van der Waals surface area contributed by atoms with Gasteiger partial charge in [-0.15, -0.1) is 0 Å². The number of nitrogens with one attached hydrogen (secondary N) is 1. The number of carboxylic acid groups (broad SMARTS) is 1. The summed E-state index contributed by atoms with van der Waals surface area (Å²) in [6.45, 7) is 7.06. The van der Waals surface area contributed by atoms with Crippen LogP contribution in [0.25, 0.3) is 0 Å². The maximum Gasteiger partial charge on any atom is 0.321 e. The van der Waals surface area contributed by atoms with E-state index in [2.05, 4.69) is 4.72 Å². The minimum atomic E-state index is -3.91. The zero-order chi connectivity index (χ0) is 17.1. The molecule has 0 saturated heterocycles. The molecule has 0 spiro atoms. The van der Waals surface area contributed by atoms with Crippen LogP contribution in [0.4, 0.5) is 0 Å². The second-order valence-corrected chi connectivity index (χ2v) is 7.41. The highest BCUT2D eigenvalue weighted by atomic mass is 32.2. The highest BCUT2D eigenvalue weighted by Crippen LogP contribution is 2.26. The summed E-state index contributed by atoms with van der Waals surface area (Å²) in [6.07, 6.45) is 0.225. The first-order chi connectivity index (χ1) is 10.1. The third-order valence-electron chi connectivity index (χ3n) is 3.28. The Bertz CT molecular complexity index is 652. The third kappa shape index (κ3) is 4.45. The van der Waals surface area contributed by atoms with Crippen LogP contribution in [0.15, 0.2) is 17.0 Å². The first-order valence-corrected chi connectivity index (χ1v) is 8.47. The summed E-state index contributed by atoms with van der Waals surface area (Å²) in [4.78, 5) is 11.3. The van der Waals surface area contributed by atoms with E-state index in [9.17, 15) is 18.3 Å². The van der Waals surface area contributed by atoms with Gasteiger partial charge in [0, 0.05) is 0 Å². The van der Waals surface area contributed by atoms with E-state index >= 15 is 0 Å². The van der Waals surface area contributed by atoms with Crippen LogP contribution in [0.2, 0.25) is 0 Å². The maximum absolute atomic E-state index is 12.5. The van der Waals surface area contributed by atoms with E-state index in [4.69, 9.17) is 4.74 Å². The molecule has 0 aromatic heterocycles. The van der Waals surface area contributed by atoms with Crippen LogP contribution in [-0.2, 0) is 14.8 Å². The van der Waals surface area contributed by atoms with Gasteiger partial charge in [0.1, 0.15) is 11.8 Å². The van der Waals surface area contributed by atoms with E-state index in [0.717, 1.165) is 0 Å². The number of hydrogen-bond donors (Lipinski definition) is 2. The van der Waals surface area contributed by atoms with Crippen LogP contribution in [0.5, 0.6) is 5.75 Å². The predicted molar refractivity (Wildman–Crippen MR) is 83.7 cm³/mol. The first kappa shape index (κ1) is 18.4. The Morgan fingerprint density at radius 1 is 1.27 bits per heavy atom. The Balaban J connectivity index is 3.18. The molecule has 1 rings (SSSR count). The summed E-state index contributed by atoms with van der Waals surface area (Å²) >= 11 is 0. The Kier molecular flexibility index (Phi) is 5.96. The molecule has 0 aliphatic carbocycles. The second kappa shape index (κ2) is 7.11. The minimum Gasteiger partial charge on any atom is -0.496 e. The number of benzene rings is 1. The monoisotopic (exact) mass is 329 g/mol. The zero-order valence-corrected chi connectivity index (χ0v) is 14.3. The maximum atomic E-state index is 12.5. The highest BCUT2D eigenvalue weighted by molar-refractivity contribution is 7.89. The molecule has 0 unspecified atom stereocenters. The molecule has 0 amide bonds. The van der Waals surface area contributed by atoms with Crippen LogP contribution >= 0.6 is 0 Å². The smallest absolute Gasteiger partial charge is 0.321 e. The van der Waals surface area contributed by atoms with Crippen molar-refractivity contribution in [3.63, 3.8) is 0 Å². The van der Waals surface area contributed by atoms with Gasteiger partial charge < -0.3 is 9.84 Å². The second-order valence-electron chi connectivity index (χ2n) is 5.73. The average molecular weight is 329 g/mol. The van der Waals surface area contributed by atoms with Crippen molar-refractivity contribution < 1.29 is 23.1 Å². The molecule has 1 atom stereocenters. The molecular weight excluding hydrogens is 306 g/mol. The van der Waals surface area contributed by atoms with Crippen LogP contribution < -0.4 is 9.46 Å². The van der Waals surface area contributed by atoms with Crippen molar-refractivity contribution in [1.82, 2.24) is 4.72 Å². The third-order valence-corrected chi connectivity index (χ3v) is 4.90. The Hall–Kier alpha value is -1.60. The molecule has 1 aromatic carbocycles. The number of sulfonamides is 1. The molecule has 0 heterocycles. The van der Waals surface area contributed by atoms with Gasteiger partial charge >= 0.3 is 5.97 Å². The molecule has 7 heteroatoms. The first-order valence-electron chi connectivity index (χ1n) is 6.98. The standard InChI is InChI=1S/C15H23NO5S/c1-9(2)6-12(15(17)18)16-22(19,20)14-8-10(3)13(21-5)7-11(14)4/h7-9,12,16H,6H2,1-5H3,(H,17,18)/t12-/m1/s1. The average Bonchev–Trinajstić information content (AvgIpc) is 2.39. The van der Waals surface area contributed by atoms with E-state index in [0.29, 0.717) is 16.9 Å². The molecule has 1 aromatic rings. The molecule has 124 valence electrons. The van der Waals surface area contributed by atoms with Gasteiger partial charge in [-0.3, -0.25) is 4.79 Å². The van der Waals surface area contributed by atoms with Crippen molar-refractivity contribution in [2.75, 3.05) is 7.11 Å². The molecule has 0 fully saturated rings. The lowest BCUT2D eigenvalue weighted by Gasteiger charge is -2.18. The largest absolute Gasteiger partial charge is 0.496 e. The van der Waals surface area contributed by atoms with E-state index in [1.807, 2.05) is 13.8 Å². The van der Waals surface area contributed by atoms with Crippen LogP contribution in [0.3, 0.4) is 0 Å². The van der Waals surface area contributed by atoms with Gasteiger partial charge in [0.05, 0.1) is 12.0 Å². The normalized spacial score (nSPS) is 13.2. The lowest BCUT2D eigenvalue weighted by atomic mass is 10.1. The van der Waals surface area contributed by atoms with E-state index in [1.54, 1.807) is 19.9 Å². The number of methoxy groups -OCH3 is 1. The van der Waals surface area contributed by atoms with Gasteiger partial charge in [-0.05, 0) is 49.4 Å². The number of carbonyl (C=O) groups is 1. The molecule has 0 aliphatic rings. The van der Waals surface area contributed by atoms with E-state index in [1.165, 1.54) is 13.2 Å². The Morgan fingerprint density at radius 2 is 1.86 bits per heavy atom. The van der Waals surface area contributed by atoms with Gasteiger partial charge in [0.2, 0.25) is 10.0 Å². The van der Waals surface area contributed by atoms with Crippen molar-refractivity contribution in [2.24, 2.45) is 5.92 Å². The molecule has 0 bridgehead atoms. The summed E-state index contributed by atoms with van der Waals surface area (Å²) in [6, 6.07) is 1.97. The molecule has 22 heavy (non-hydrogen) atoms. The van der Waals surface area contributed by atoms with E-state index in [-0.39, 0.29) is 17.2 Å². The van der Waals surface area contributed by atoms with Crippen LogP contribution in [0, 0.1) is 19.8 Å². The number of carboxylic acids is 1. The van der Waals surface area contributed by atoms with Gasteiger partial charge in [-0.2, -0.15) is 4.72 Å². The number of hydrogen-bond acceptors (Lipinski definition) is 4. The molecule has 0 saturated carbocycles. The Morgan fingerprint density at radius 3 is 2.32 bits per heavy atom. The zero-order valence-electron chi connectivity index (χ0n) is 13.5. The molecule has 2 N–H and O–H groups in total. The molecule has 0 aliphatic heterocycles. The summed E-state index contributed by atoms with van der Waals surface area (Å²) < 4.78 is 32.4. The highest BCUT2D eigenvalue weighted by Gasteiger charge is 2.27. The van der Waals surface area contributed by atoms with Crippen molar-refractivity contribution >= 4 is 16.0 Å². The molecule has 6 nitrogen and oxygen atoms in total. The van der Waals surface area contributed by atoms with Gasteiger partial charge in [0.15, 0.2) is 0 Å². The number of rotatable bonds is 7. The van der Waals surface area contributed by atoms with Crippen molar-refractivity contribution in [2.45, 2.75) is 45.1 Å². The predicted octanol–water partition coefficient (Wildman–Crippen LogP) is 2.09. The van der Waals surface area contributed by atoms with Gasteiger partial charge in [-0.25, -0.2) is 8.42 Å². The summed E-state index contributed by atoms with van der Waals surface area (Å²) in [7, 11) is -2.40. The topological polar surface area (TPSA) is 92.7 Å². The fraction of sp³-hybridized carbons (Fsp3) is 0.533. The van der Waals surface area contributed by atoms with Gasteiger partial charge in [0.25, 0.3) is 0 Å². The lowest BCUT2D eigenvalue weighted by molar-refractivity contribution is -0.139. The summed E-state index contributed by atoms with van der Waals surface area (Å²) in [5, 5.41) is 9.19.